The van der Waals surface area contributed by atoms with Gasteiger partial charge in [-0.15, -0.1) is 0 Å². The van der Waals surface area contributed by atoms with Gasteiger partial charge in [-0.25, -0.2) is 4.39 Å². The first kappa shape index (κ1) is 17.8. The number of hydrogen-bond donors (Lipinski definition) is 2. The SMILES string of the molecule is CCC(CO)N1CCN(C(=O)CC(O)c2cccc(F)c2)CC1. The van der Waals surface area contributed by atoms with Crippen molar-refractivity contribution in [2.24, 2.45) is 0 Å². The molecule has 1 saturated heterocycles. The van der Waals surface area contributed by atoms with E-state index in [0.717, 1.165) is 19.5 Å². The number of nitrogens with zero attached hydrogens (tertiary/aromatic N) is 2. The lowest BCUT2D eigenvalue weighted by Crippen LogP contribution is -2.52. The zero-order valence-corrected chi connectivity index (χ0v) is 13.5. The molecule has 2 atom stereocenters. The Morgan fingerprint density at radius 1 is 1.30 bits per heavy atom. The van der Waals surface area contributed by atoms with E-state index in [4.69, 9.17) is 0 Å². The zero-order valence-electron chi connectivity index (χ0n) is 13.5. The summed E-state index contributed by atoms with van der Waals surface area (Å²) >= 11 is 0. The maximum absolute atomic E-state index is 13.2. The maximum Gasteiger partial charge on any atom is 0.225 e. The Hall–Kier alpha value is -1.50. The van der Waals surface area contributed by atoms with Gasteiger partial charge in [0, 0.05) is 32.2 Å². The molecule has 1 amide bonds. The third-order valence-corrected chi connectivity index (χ3v) is 4.47. The minimum atomic E-state index is -0.989. The van der Waals surface area contributed by atoms with Gasteiger partial charge in [0.25, 0.3) is 0 Å². The van der Waals surface area contributed by atoms with Gasteiger partial charge in [-0.2, -0.15) is 0 Å². The van der Waals surface area contributed by atoms with E-state index >= 15 is 0 Å². The van der Waals surface area contributed by atoms with Crippen molar-refractivity contribution in [1.29, 1.82) is 0 Å². The molecule has 2 rings (SSSR count). The van der Waals surface area contributed by atoms with Crippen LogP contribution in [0.3, 0.4) is 0 Å². The van der Waals surface area contributed by atoms with Crippen LogP contribution in [-0.4, -0.2) is 64.7 Å². The molecule has 0 saturated carbocycles. The number of halogens is 1. The molecule has 6 heteroatoms. The highest BCUT2D eigenvalue weighted by atomic mass is 19.1. The molecule has 128 valence electrons. The van der Waals surface area contributed by atoms with E-state index in [-0.39, 0.29) is 25.0 Å². The van der Waals surface area contributed by atoms with Gasteiger partial charge in [0.05, 0.1) is 19.1 Å². The van der Waals surface area contributed by atoms with Gasteiger partial charge in [-0.1, -0.05) is 19.1 Å². The van der Waals surface area contributed by atoms with Crippen LogP contribution < -0.4 is 0 Å². The van der Waals surface area contributed by atoms with Crippen molar-refractivity contribution < 1.29 is 19.4 Å². The van der Waals surface area contributed by atoms with Crippen molar-refractivity contribution in [3.05, 3.63) is 35.6 Å². The van der Waals surface area contributed by atoms with Crippen molar-refractivity contribution in [2.75, 3.05) is 32.8 Å². The van der Waals surface area contributed by atoms with Crippen LogP contribution in [0.5, 0.6) is 0 Å². The van der Waals surface area contributed by atoms with Crippen LogP contribution in [0.1, 0.15) is 31.4 Å². The topological polar surface area (TPSA) is 64.0 Å². The van der Waals surface area contributed by atoms with Crippen LogP contribution in [0.15, 0.2) is 24.3 Å². The van der Waals surface area contributed by atoms with Crippen LogP contribution in [0, 0.1) is 5.82 Å². The monoisotopic (exact) mass is 324 g/mol. The fourth-order valence-electron chi connectivity index (χ4n) is 2.97. The molecular formula is C17H25FN2O3. The van der Waals surface area contributed by atoms with Crippen LogP contribution in [0.25, 0.3) is 0 Å². The van der Waals surface area contributed by atoms with E-state index < -0.39 is 11.9 Å². The second kappa shape index (κ2) is 8.38. The molecule has 1 fully saturated rings. The van der Waals surface area contributed by atoms with E-state index in [9.17, 15) is 19.4 Å². The van der Waals surface area contributed by atoms with E-state index in [1.54, 1.807) is 11.0 Å². The normalized spacial score (nSPS) is 18.7. The van der Waals surface area contributed by atoms with Gasteiger partial charge in [0.1, 0.15) is 5.82 Å². The molecule has 1 aromatic carbocycles. The molecule has 0 radical (unpaired) electrons. The van der Waals surface area contributed by atoms with Crippen molar-refractivity contribution >= 4 is 5.91 Å². The Labute approximate surface area is 136 Å². The number of carbonyl (C=O) groups excluding carboxylic acids is 1. The first-order valence-corrected chi connectivity index (χ1v) is 8.11. The molecule has 1 heterocycles. The summed E-state index contributed by atoms with van der Waals surface area (Å²) in [6.45, 7) is 4.79. The summed E-state index contributed by atoms with van der Waals surface area (Å²) in [7, 11) is 0. The average molecular weight is 324 g/mol. The Balaban J connectivity index is 1.85. The van der Waals surface area contributed by atoms with Gasteiger partial charge < -0.3 is 15.1 Å². The van der Waals surface area contributed by atoms with Crippen molar-refractivity contribution in [2.45, 2.75) is 31.9 Å². The summed E-state index contributed by atoms with van der Waals surface area (Å²) in [6, 6.07) is 5.85. The van der Waals surface area contributed by atoms with Crippen molar-refractivity contribution in [3.8, 4) is 0 Å². The summed E-state index contributed by atoms with van der Waals surface area (Å²) in [6.07, 6.45) is -0.152. The predicted octanol–water partition coefficient (Wildman–Crippen LogP) is 1.16. The average Bonchev–Trinajstić information content (AvgIpc) is 2.56. The lowest BCUT2D eigenvalue weighted by Gasteiger charge is -2.38. The number of rotatable bonds is 6. The summed E-state index contributed by atoms with van der Waals surface area (Å²) in [5, 5.41) is 19.4. The largest absolute Gasteiger partial charge is 0.395 e. The van der Waals surface area contributed by atoms with E-state index in [2.05, 4.69) is 4.90 Å². The summed E-state index contributed by atoms with van der Waals surface area (Å²) in [5.74, 6) is -0.546. The smallest absolute Gasteiger partial charge is 0.225 e. The van der Waals surface area contributed by atoms with Crippen LogP contribution in [0.4, 0.5) is 4.39 Å². The number of aliphatic hydroxyl groups excluding tert-OH is 2. The van der Waals surface area contributed by atoms with Gasteiger partial charge in [0.15, 0.2) is 0 Å². The molecule has 23 heavy (non-hydrogen) atoms. The number of aliphatic hydroxyl groups is 2. The van der Waals surface area contributed by atoms with E-state index in [1.807, 2.05) is 6.92 Å². The number of amides is 1. The van der Waals surface area contributed by atoms with Crippen molar-refractivity contribution in [1.82, 2.24) is 9.80 Å². The fraction of sp³-hybridized carbons (Fsp3) is 0.588. The highest BCUT2D eigenvalue weighted by Gasteiger charge is 2.26. The van der Waals surface area contributed by atoms with Gasteiger partial charge >= 0.3 is 0 Å². The Kier molecular flexibility index (Phi) is 6.50. The Morgan fingerprint density at radius 2 is 2.00 bits per heavy atom. The Bertz CT molecular complexity index is 514. The summed E-state index contributed by atoms with van der Waals surface area (Å²) < 4.78 is 13.2. The first-order chi connectivity index (χ1) is 11.0. The third kappa shape index (κ3) is 4.73. The molecule has 1 aromatic rings. The lowest BCUT2D eigenvalue weighted by atomic mass is 10.1. The minimum Gasteiger partial charge on any atom is -0.395 e. The number of hydrogen-bond acceptors (Lipinski definition) is 4. The van der Waals surface area contributed by atoms with Gasteiger partial charge in [-0.3, -0.25) is 9.69 Å². The minimum absolute atomic E-state index is 0.0410. The maximum atomic E-state index is 13.2. The Morgan fingerprint density at radius 3 is 2.57 bits per heavy atom. The van der Waals surface area contributed by atoms with Crippen LogP contribution in [-0.2, 0) is 4.79 Å². The summed E-state index contributed by atoms with van der Waals surface area (Å²) in [4.78, 5) is 16.2. The highest BCUT2D eigenvalue weighted by molar-refractivity contribution is 5.77. The molecule has 2 unspecified atom stereocenters. The number of piperazine rings is 1. The quantitative estimate of drug-likeness (QED) is 0.824. The highest BCUT2D eigenvalue weighted by Crippen LogP contribution is 2.19. The first-order valence-electron chi connectivity index (χ1n) is 8.11. The molecular weight excluding hydrogens is 299 g/mol. The van der Waals surface area contributed by atoms with E-state index in [0.29, 0.717) is 18.7 Å². The molecule has 0 bridgehead atoms. The van der Waals surface area contributed by atoms with Gasteiger partial charge in [0.2, 0.25) is 5.91 Å². The molecule has 0 spiro atoms. The molecule has 0 aliphatic carbocycles. The number of benzene rings is 1. The van der Waals surface area contributed by atoms with Crippen molar-refractivity contribution in [3.63, 3.8) is 0 Å². The molecule has 5 nitrogen and oxygen atoms in total. The molecule has 1 aliphatic rings. The molecule has 2 N–H and O–H groups in total. The van der Waals surface area contributed by atoms with Crippen LogP contribution in [0.2, 0.25) is 0 Å². The molecule has 1 aliphatic heterocycles. The second-order valence-corrected chi connectivity index (χ2v) is 5.94. The standard InChI is InChI=1S/C17H25FN2O3/c1-2-15(12-21)19-6-8-20(9-7-19)17(23)11-16(22)13-4-3-5-14(18)10-13/h3-5,10,15-16,21-22H,2,6-9,11-12H2,1H3. The zero-order chi connectivity index (χ0) is 16.8. The summed E-state index contributed by atoms with van der Waals surface area (Å²) in [5.41, 5.74) is 0.420. The third-order valence-electron chi connectivity index (χ3n) is 4.47. The van der Waals surface area contributed by atoms with E-state index in [1.165, 1.54) is 18.2 Å². The van der Waals surface area contributed by atoms with Crippen LogP contribution >= 0.6 is 0 Å². The number of carbonyl (C=O) groups is 1. The second-order valence-electron chi connectivity index (χ2n) is 5.94. The molecule has 0 aromatic heterocycles. The lowest BCUT2D eigenvalue weighted by molar-refractivity contribution is -0.135. The van der Waals surface area contributed by atoms with Gasteiger partial charge in [-0.05, 0) is 24.1 Å². The fourth-order valence-corrected chi connectivity index (χ4v) is 2.97. The predicted molar refractivity (Wildman–Crippen MR) is 85.3 cm³/mol.